The Kier molecular flexibility index (Phi) is 4.49. The molecule has 0 radical (unpaired) electrons. The molecule has 1 unspecified atom stereocenters. The molecule has 1 amide bonds. The predicted molar refractivity (Wildman–Crippen MR) is 96.1 cm³/mol. The zero-order chi connectivity index (χ0) is 17.9. The second-order valence-corrected chi connectivity index (χ2v) is 6.26. The van der Waals surface area contributed by atoms with Crippen molar-refractivity contribution < 1.29 is 9.53 Å². The van der Waals surface area contributed by atoms with Crippen molar-refractivity contribution in [1.29, 1.82) is 0 Å². The van der Waals surface area contributed by atoms with Crippen LogP contribution in [0, 0.1) is 0 Å². The number of tetrazole rings is 1. The Balaban J connectivity index is 1.46. The van der Waals surface area contributed by atoms with Gasteiger partial charge in [0.25, 0.3) is 5.91 Å². The van der Waals surface area contributed by atoms with Crippen LogP contribution in [-0.2, 0) is 4.74 Å². The highest BCUT2D eigenvalue weighted by atomic mass is 16.5. The van der Waals surface area contributed by atoms with E-state index in [9.17, 15) is 4.79 Å². The molecule has 0 spiro atoms. The van der Waals surface area contributed by atoms with Gasteiger partial charge in [-0.25, -0.2) is 0 Å². The van der Waals surface area contributed by atoms with E-state index in [1.54, 1.807) is 18.3 Å². The Labute approximate surface area is 150 Å². The Hall–Kier alpha value is -3.00. The molecule has 1 saturated heterocycles. The van der Waals surface area contributed by atoms with Crippen LogP contribution in [0.2, 0.25) is 0 Å². The number of nitrogens with one attached hydrogen (secondary N) is 1. The van der Waals surface area contributed by atoms with Crippen LogP contribution < -0.4 is 10.2 Å². The first-order valence-electron chi connectivity index (χ1n) is 8.62. The zero-order valence-corrected chi connectivity index (χ0v) is 14.5. The molecule has 4 rings (SSSR count). The van der Waals surface area contributed by atoms with Gasteiger partial charge in [0.1, 0.15) is 0 Å². The second-order valence-electron chi connectivity index (χ2n) is 6.26. The molecule has 1 aliphatic heterocycles. The molecular weight excluding hydrogens is 332 g/mol. The lowest BCUT2D eigenvalue weighted by molar-refractivity contribution is 0.0941. The first-order valence-corrected chi connectivity index (χ1v) is 8.62. The number of ether oxygens (including phenoxy) is 1. The van der Waals surface area contributed by atoms with Crippen LogP contribution in [-0.4, -0.2) is 52.3 Å². The Morgan fingerprint density at radius 2 is 1.96 bits per heavy atom. The third-order valence-corrected chi connectivity index (χ3v) is 4.59. The maximum atomic E-state index is 12.6. The highest BCUT2D eigenvalue weighted by Gasteiger charge is 2.17. The van der Waals surface area contributed by atoms with Gasteiger partial charge in [-0.3, -0.25) is 4.79 Å². The predicted octanol–water partition coefficient (Wildman–Crippen LogP) is 1.45. The number of anilines is 1. The molecule has 8 heteroatoms. The molecule has 8 nitrogen and oxygen atoms in total. The number of hydrogen-bond donors (Lipinski definition) is 1. The van der Waals surface area contributed by atoms with Gasteiger partial charge < -0.3 is 15.0 Å². The van der Waals surface area contributed by atoms with E-state index >= 15 is 0 Å². The summed E-state index contributed by atoms with van der Waals surface area (Å²) in [6, 6.07) is 11.6. The largest absolute Gasteiger partial charge is 0.378 e. The molecular formula is C18H20N6O2. The molecule has 1 aliphatic rings. The topological polar surface area (TPSA) is 84.7 Å². The van der Waals surface area contributed by atoms with Crippen molar-refractivity contribution in [3.8, 4) is 0 Å². The summed E-state index contributed by atoms with van der Waals surface area (Å²) in [4.78, 5) is 14.9. The first kappa shape index (κ1) is 16.5. The van der Waals surface area contributed by atoms with E-state index in [4.69, 9.17) is 4.74 Å². The molecule has 0 aliphatic carbocycles. The first-order chi connectivity index (χ1) is 12.7. The highest BCUT2D eigenvalue weighted by Crippen LogP contribution is 2.20. The summed E-state index contributed by atoms with van der Waals surface area (Å²) in [5, 5.41) is 14.3. The van der Waals surface area contributed by atoms with Gasteiger partial charge >= 0.3 is 0 Å². The van der Waals surface area contributed by atoms with Gasteiger partial charge in [-0.1, -0.05) is 12.1 Å². The molecule has 134 valence electrons. The van der Waals surface area contributed by atoms with E-state index in [0.29, 0.717) is 11.2 Å². The number of amides is 1. The average Bonchev–Trinajstić information content (AvgIpc) is 3.17. The van der Waals surface area contributed by atoms with E-state index in [1.807, 2.05) is 6.92 Å². The van der Waals surface area contributed by atoms with E-state index in [2.05, 4.69) is 50.0 Å². The van der Waals surface area contributed by atoms with E-state index < -0.39 is 0 Å². The van der Waals surface area contributed by atoms with Gasteiger partial charge in [0, 0.05) is 25.0 Å². The molecule has 1 aromatic carbocycles. The number of nitrogens with zero attached hydrogens (tertiary/aromatic N) is 5. The van der Waals surface area contributed by atoms with Crippen LogP contribution in [0.15, 0.2) is 42.6 Å². The molecule has 1 fully saturated rings. The summed E-state index contributed by atoms with van der Waals surface area (Å²) in [7, 11) is 0. The summed E-state index contributed by atoms with van der Waals surface area (Å²) in [6.45, 7) is 5.29. The minimum absolute atomic E-state index is 0.127. The van der Waals surface area contributed by atoms with Crippen molar-refractivity contribution in [2.45, 2.75) is 13.0 Å². The molecule has 0 bridgehead atoms. The number of rotatable bonds is 4. The van der Waals surface area contributed by atoms with Gasteiger partial charge in [0.2, 0.25) is 0 Å². The summed E-state index contributed by atoms with van der Waals surface area (Å²) in [5.74, 6) is -0.199. The van der Waals surface area contributed by atoms with Gasteiger partial charge in [0.15, 0.2) is 5.65 Å². The third-order valence-electron chi connectivity index (χ3n) is 4.59. The molecule has 1 N–H and O–H groups in total. The Bertz CT molecular complexity index is 901. The molecule has 2 aromatic heterocycles. The highest BCUT2D eigenvalue weighted by molar-refractivity contribution is 5.99. The van der Waals surface area contributed by atoms with E-state index in [1.165, 1.54) is 10.2 Å². The average molecular weight is 352 g/mol. The number of carbonyl (C=O) groups is 1. The minimum Gasteiger partial charge on any atom is -0.378 e. The van der Waals surface area contributed by atoms with E-state index in [0.717, 1.165) is 31.9 Å². The molecule has 1 atom stereocenters. The molecule has 3 aromatic rings. The van der Waals surface area contributed by atoms with Crippen molar-refractivity contribution in [1.82, 2.24) is 25.4 Å². The van der Waals surface area contributed by atoms with Gasteiger partial charge in [-0.2, -0.15) is 4.52 Å². The quantitative estimate of drug-likeness (QED) is 0.765. The third kappa shape index (κ3) is 3.23. The van der Waals surface area contributed by atoms with Gasteiger partial charge in [-0.05, 0) is 47.2 Å². The van der Waals surface area contributed by atoms with Gasteiger partial charge in [0.05, 0.1) is 24.8 Å². The SMILES string of the molecule is CC(NC(=O)c1cccn2nnnc12)c1ccc(N2CCOCC2)cc1. The van der Waals surface area contributed by atoms with Crippen LogP contribution in [0.3, 0.4) is 0 Å². The second kappa shape index (κ2) is 7.09. The smallest absolute Gasteiger partial charge is 0.255 e. The number of hydrogen-bond acceptors (Lipinski definition) is 6. The van der Waals surface area contributed by atoms with Crippen molar-refractivity contribution in [3.05, 3.63) is 53.7 Å². The summed E-state index contributed by atoms with van der Waals surface area (Å²) in [6.07, 6.45) is 1.71. The fourth-order valence-corrected chi connectivity index (χ4v) is 3.10. The standard InChI is InChI=1S/C18H20N6O2/c1-13(14-4-6-15(7-5-14)23-9-11-26-12-10-23)19-18(25)16-3-2-8-24-17(16)20-21-22-24/h2-8,13H,9-12H2,1H3,(H,19,25). The minimum atomic E-state index is -0.199. The van der Waals surface area contributed by atoms with Crippen molar-refractivity contribution in [2.24, 2.45) is 0 Å². The fraction of sp³-hybridized carbons (Fsp3) is 0.333. The van der Waals surface area contributed by atoms with Crippen LogP contribution in [0.25, 0.3) is 5.65 Å². The van der Waals surface area contributed by atoms with Crippen LogP contribution >= 0.6 is 0 Å². The summed E-state index contributed by atoms with van der Waals surface area (Å²) in [5.41, 5.74) is 3.12. The van der Waals surface area contributed by atoms with Crippen LogP contribution in [0.4, 0.5) is 5.69 Å². The zero-order valence-electron chi connectivity index (χ0n) is 14.5. The maximum Gasteiger partial charge on any atom is 0.255 e. The monoisotopic (exact) mass is 352 g/mol. The summed E-state index contributed by atoms with van der Waals surface area (Å²) < 4.78 is 6.87. The Morgan fingerprint density at radius 1 is 1.19 bits per heavy atom. The van der Waals surface area contributed by atoms with Crippen LogP contribution in [0.1, 0.15) is 28.9 Å². The maximum absolute atomic E-state index is 12.6. The number of carbonyl (C=O) groups excluding carboxylic acids is 1. The van der Waals surface area contributed by atoms with Crippen molar-refractivity contribution in [2.75, 3.05) is 31.2 Å². The lowest BCUT2D eigenvalue weighted by atomic mass is 10.1. The number of fused-ring (bicyclic) bond motifs is 1. The van der Waals surface area contributed by atoms with E-state index in [-0.39, 0.29) is 11.9 Å². The Morgan fingerprint density at radius 3 is 2.73 bits per heavy atom. The number of pyridine rings is 1. The number of morpholine rings is 1. The molecule has 0 saturated carbocycles. The molecule has 3 heterocycles. The lowest BCUT2D eigenvalue weighted by Crippen LogP contribution is -2.36. The lowest BCUT2D eigenvalue weighted by Gasteiger charge is -2.29. The van der Waals surface area contributed by atoms with Crippen molar-refractivity contribution in [3.63, 3.8) is 0 Å². The normalized spacial score (nSPS) is 15.8. The van der Waals surface area contributed by atoms with Crippen molar-refractivity contribution >= 4 is 17.2 Å². The van der Waals surface area contributed by atoms with Crippen LogP contribution in [0.5, 0.6) is 0 Å². The summed E-state index contributed by atoms with van der Waals surface area (Å²) >= 11 is 0. The van der Waals surface area contributed by atoms with Gasteiger partial charge in [-0.15, -0.1) is 5.10 Å². The number of aromatic nitrogens is 4. The fourth-order valence-electron chi connectivity index (χ4n) is 3.10. The molecule has 26 heavy (non-hydrogen) atoms. The number of benzene rings is 1.